The van der Waals surface area contributed by atoms with Gasteiger partial charge < -0.3 is 14.7 Å². The number of carbonyl (C=O) groups is 1. The zero-order chi connectivity index (χ0) is 22.9. The molecule has 0 spiro atoms. The summed E-state index contributed by atoms with van der Waals surface area (Å²) >= 11 is 6.14. The molecule has 0 saturated carbocycles. The lowest BCUT2D eigenvalue weighted by Gasteiger charge is -2.36. The maximum absolute atomic E-state index is 13.2. The van der Waals surface area contributed by atoms with Crippen molar-refractivity contribution < 1.29 is 9.72 Å². The van der Waals surface area contributed by atoms with Gasteiger partial charge in [0.15, 0.2) is 0 Å². The highest BCUT2D eigenvalue weighted by atomic mass is 35.5. The second-order valence-corrected chi connectivity index (χ2v) is 9.01. The molecule has 8 heteroatoms. The van der Waals surface area contributed by atoms with E-state index >= 15 is 0 Å². The van der Waals surface area contributed by atoms with E-state index in [-0.39, 0.29) is 16.5 Å². The average molecular weight is 465 g/mol. The minimum Gasteiger partial charge on any atom is -0.367 e. The number of nitrogens with zero attached hydrogens (tertiary/aromatic N) is 4. The molecule has 33 heavy (non-hydrogen) atoms. The molecule has 0 atom stereocenters. The van der Waals surface area contributed by atoms with E-state index in [1.165, 1.54) is 6.07 Å². The van der Waals surface area contributed by atoms with E-state index in [0.717, 1.165) is 42.4 Å². The first-order chi connectivity index (χ1) is 16.0. The van der Waals surface area contributed by atoms with Crippen LogP contribution in [0.1, 0.15) is 23.2 Å². The lowest BCUT2D eigenvalue weighted by molar-refractivity contribution is -0.384. The Labute approximate surface area is 197 Å². The number of rotatable bonds is 4. The first-order valence-corrected chi connectivity index (χ1v) is 11.6. The van der Waals surface area contributed by atoms with Crippen molar-refractivity contribution in [2.75, 3.05) is 49.1 Å². The Hall–Kier alpha value is -3.32. The van der Waals surface area contributed by atoms with Crippen LogP contribution >= 0.6 is 11.6 Å². The topological polar surface area (TPSA) is 69.9 Å². The van der Waals surface area contributed by atoms with Crippen LogP contribution in [0.5, 0.6) is 0 Å². The molecule has 2 fully saturated rings. The number of hydrogen-bond acceptors (Lipinski definition) is 5. The van der Waals surface area contributed by atoms with Crippen molar-refractivity contribution in [3.8, 4) is 0 Å². The Morgan fingerprint density at radius 2 is 1.58 bits per heavy atom. The molecule has 5 rings (SSSR count). The van der Waals surface area contributed by atoms with E-state index in [0.29, 0.717) is 42.5 Å². The standard InChI is InChI=1S/C25H25ClN4O3/c26-20-7-8-21-18(16-20)4-3-5-22(21)28-12-14-29(15-13-28)25(31)19-6-9-23(24(17-19)30(32)33)27-10-1-2-11-27/h3-9,16-17H,1-2,10-15H2. The molecule has 1 amide bonds. The van der Waals surface area contributed by atoms with Gasteiger partial charge in [-0.15, -0.1) is 0 Å². The molecular weight excluding hydrogens is 440 g/mol. The Balaban J connectivity index is 1.32. The van der Waals surface area contributed by atoms with Crippen molar-refractivity contribution in [2.24, 2.45) is 0 Å². The van der Waals surface area contributed by atoms with Gasteiger partial charge in [0.1, 0.15) is 5.69 Å². The maximum atomic E-state index is 13.2. The summed E-state index contributed by atoms with van der Waals surface area (Å²) in [5.41, 5.74) is 2.12. The second kappa shape index (κ2) is 8.90. The highest BCUT2D eigenvalue weighted by Gasteiger charge is 2.27. The number of amides is 1. The SMILES string of the molecule is O=C(c1ccc(N2CCCC2)c([N+](=O)[O-])c1)N1CCN(c2cccc3cc(Cl)ccc23)CC1. The summed E-state index contributed by atoms with van der Waals surface area (Å²) < 4.78 is 0. The van der Waals surface area contributed by atoms with Crippen molar-refractivity contribution in [3.63, 3.8) is 0 Å². The van der Waals surface area contributed by atoms with Crippen molar-refractivity contribution in [2.45, 2.75) is 12.8 Å². The lowest BCUT2D eigenvalue weighted by Crippen LogP contribution is -2.48. The average Bonchev–Trinajstić information content (AvgIpc) is 3.37. The van der Waals surface area contributed by atoms with Gasteiger partial charge in [-0.2, -0.15) is 0 Å². The van der Waals surface area contributed by atoms with Gasteiger partial charge in [0, 0.05) is 67.0 Å². The molecule has 2 saturated heterocycles. The molecule has 2 aliphatic heterocycles. The smallest absolute Gasteiger partial charge is 0.293 e. The third-order valence-corrected chi connectivity index (χ3v) is 6.83. The molecule has 0 N–H and O–H groups in total. The summed E-state index contributed by atoms with van der Waals surface area (Å²) in [6.45, 7) is 4.14. The zero-order valence-electron chi connectivity index (χ0n) is 18.2. The molecule has 2 aliphatic rings. The monoisotopic (exact) mass is 464 g/mol. The van der Waals surface area contributed by atoms with Crippen LogP contribution in [0.4, 0.5) is 17.1 Å². The van der Waals surface area contributed by atoms with Crippen LogP contribution in [0.2, 0.25) is 5.02 Å². The van der Waals surface area contributed by atoms with Gasteiger partial charge in [-0.25, -0.2) is 0 Å². The van der Waals surface area contributed by atoms with Gasteiger partial charge in [0.2, 0.25) is 0 Å². The highest BCUT2D eigenvalue weighted by Crippen LogP contribution is 2.33. The number of nitro groups is 1. The molecule has 0 bridgehead atoms. The fraction of sp³-hybridized carbons (Fsp3) is 0.320. The van der Waals surface area contributed by atoms with Crippen molar-refractivity contribution in [3.05, 3.63) is 75.3 Å². The molecule has 170 valence electrons. The summed E-state index contributed by atoms with van der Waals surface area (Å²) in [5.74, 6) is -0.157. The van der Waals surface area contributed by atoms with Gasteiger partial charge in [-0.05, 0) is 48.6 Å². The molecular formula is C25H25ClN4O3. The van der Waals surface area contributed by atoms with Crippen LogP contribution in [0.15, 0.2) is 54.6 Å². The van der Waals surface area contributed by atoms with E-state index < -0.39 is 0 Å². The predicted octanol–water partition coefficient (Wildman–Crippen LogP) is 4.96. The third-order valence-electron chi connectivity index (χ3n) is 6.59. The van der Waals surface area contributed by atoms with Gasteiger partial charge >= 0.3 is 0 Å². The molecule has 3 aromatic rings. The second-order valence-electron chi connectivity index (χ2n) is 8.58. The van der Waals surface area contributed by atoms with Gasteiger partial charge in [0.05, 0.1) is 4.92 Å². The quantitative estimate of drug-likeness (QED) is 0.403. The number of carbonyl (C=O) groups excluding carboxylic acids is 1. The summed E-state index contributed by atoms with van der Waals surface area (Å²) in [7, 11) is 0. The fourth-order valence-corrected chi connectivity index (χ4v) is 5.05. The van der Waals surface area contributed by atoms with Crippen LogP contribution in [0.3, 0.4) is 0 Å². The van der Waals surface area contributed by atoms with Crippen LogP contribution in [0, 0.1) is 10.1 Å². The first kappa shape index (κ1) is 21.5. The lowest BCUT2D eigenvalue weighted by atomic mass is 10.1. The fourth-order valence-electron chi connectivity index (χ4n) is 4.87. The first-order valence-electron chi connectivity index (χ1n) is 11.3. The van der Waals surface area contributed by atoms with Crippen molar-refractivity contribution >= 4 is 45.3 Å². The summed E-state index contributed by atoms with van der Waals surface area (Å²) in [4.78, 5) is 30.6. The van der Waals surface area contributed by atoms with E-state index in [4.69, 9.17) is 11.6 Å². The Bertz CT molecular complexity index is 1220. The number of nitro benzene ring substituents is 1. The Morgan fingerprint density at radius 1 is 0.848 bits per heavy atom. The van der Waals surface area contributed by atoms with Crippen molar-refractivity contribution in [1.82, 2.24) is 4.90 Å². The zero-order valence-corrected chi connectivity index (χ0v) is 19.0. The van der Waals surface area contributed by atoms with Crippen LogP contribution in [-0.2, 0) is 0 Å². The van der Waals surface area contributed by atoms with Crippen LogP contribution < -0.4 is 9.80 Å². The summed E-state index contributed by atoms with van der Waals surface area (Å²) in [6, 6.07) is 16.9. The number of halogens is 1. The Morgan fingerprint density at radius 3 is 2.30 bits per heavy atom. The summed E-state index contributed by atoms with van der Waals surface area (Å²) in [6.07, 6.45) is 2.07. The van der Waals surface area contributed by atoms with Crippen LogP contribution in [0.25, 0.3) is 10.8 Å². The van der Waals surface area contributed by atoms with E-state index in [9.17, 15) is 14.9 Å². The number of fused-ring (bicyclic) bond motifs is 1. The molecule has 0 unspecified atom stereocenters. The molecule has 7 nitrogen and oxygen atoms in total. The normalized spacial score (nSPS) is 16.5. The minimum atomic E-state index is -0.380. The molecule has 0 radical (unpaired) electrons. The van der Waals surface area contributed by atoms with Gasteiger partial charge in [-0.3, -0.25) is 14.9 Å². The molecule has 3 aromatic carbocycles. The predicted molar refractivity (Wildman–Crippen MR) is 132 cm³/mol. The largest absolute Gasteiger partial charge is 0.367 e. The summed E-state index contributed by atoms with van der Waals surface area (Å²) in [5, 5.41) is 14.6. The Kier molecular flexibility index (Phi) is 5.81. The van der Waals surface area contributed by atoms with E-state index in [1.807, 2.05) is 35.2 Å². The highest BCUT2D eigenvalue weighted by molar-refractivity contribution is 6.31. The third kappa shape index (κ3) is 4.20. The maximum Gasteiger partial charge on any atom is 0.293 e. The van der Waals surface area contributed by atoms with Crippen molar-refractivity contribution in [1.29, 1.82) is 0 Å². The van der Waals surface area contributed by atoms with E-state index in [1.54, 1.807) is 17.0 Å². The number of anilines is 2. The molecule has 0 aromatic heterocycles. The number of piperazine rings is 1. The molecule has 0 aliphatic carbocycles. The number of benzene rings is 3. The van der Waals surface area contributed by atoms with Gasteiger partial charge in [0.25, 0.3) is 11.6 Å². The van der Waals surface area contributed by atoms with E-state index in [2.05, 4.69) is 11.0 Å². The number of hydrogen-bond donors (Lipinski definition) is 0. The molecule has 2 heterocycles. The van der Waals surface area contributed by atoms with Gasteiger partial charge in [-0.1, -0.05) is 29.8 Å². The van der Waals surface area contributed by atoms with Crippen LogP contribution in [-0.4, -0.2) is 55.0 Å². The minimum absolute atomic E-state index is 0.0100.